The second kappa shape index (κ2) is 3.48. The molecule has 1 aliphatic heterocycles. The normalized spacial score (nSPS) is 23.5. The van der Waals surface area contributed by atoms with E-state index >= 15 is 0 Å². The molecule has 0 radical (unpaired) electrons. The van der Waals surface area contributed by atoms with E-state index in [0.717, 1.165) is 0 Å². The van der Waals surface area contributed by atoms with Crippen molar-refractivity contribution in [1.82, 2.24) is 5.32 Å². The fraction of sp³-hybridized carbons (Fsp3) is 1.00. The Bertz CT molecular complexity index is 168. The molecule has 0 spiro atoms. The fourth-order valence-corrected chi connectivity index (χ4v) is 2.06. The molecule has 0 aromatic rings. The van der Waals surface area contributed by atoms with Crippen LogP contribution in [0.3, 0.4) is 0 Å². The summed E-state index contributed by atoms with van der Waals surface area (Å²) < 4.78 is 38.5. The summed E-state index contributed by atoms with van der Waals surface area (Å²) in [6.07, 6.45) is -3.62. The van der Waals surface area contributed by atoms with Crippen LogP contribution in [-0.2, 0) is 0 Å². The molecule has 1 nitrogen and oxygen atoms in total. The molecule has 0 amide bonds. The number of halogens is 3. The van der Waals surface area contributed by atoms with Gasteiger partial charge in [-0.15, -0.1) is 0 Å². The van der Waals surface area contributed by atoms with Gasteiger partial charge in [-0.1, -0.05) is 13.8 Å². The van der Waals surface area contributed by atoms with E-state index in [2.05, 4.69) is 5.32 Å². The Labute approximate surface area is 76.7 Å². The summed E-state index contributed by atoms with van der Waals surface area (Å²) in [7, 11) is 0. The summed E-state index contributed by atoms with van der Waals surface area (Å²) in [5.41, 5.74) is -1.45. The molecule has 0 saturated carbocycles. The first-order chi connectivity index (χ1) is 5.90. The predicted molar refractivity (Wildman–Crippen MR) is 45.4 cm³/mol. The number of nitrogens with one attached hydrogen (secondary N) is 1. The Kier molecular flexibility index (Phi) is 2.90. The largest absolute Gasteiger partial charge is 0.394 e. The van der Waals surface area contributed by atoms with E-state index in [9.17, 15) is 13.2 Å². The lowest BCUT2D eigenvalue weighted by Crippen LogP contribution is -2.49. The van der Waals surface area contributed by atoms with E-state index in [1.165, 1.54) is 0 Å². The van der Waals surface area contributed by atoms with Crippen molar-refractivity contribution in [3.63, 3.8) is 0 Å². The van der Waals surface area contributed by atoms with Crippen molar-refractivity contribution in [2.24, 2.45) is 11.3 Å². The van der Waals surface area contributed by atoms with Crippen LogP contribution >= 0.6 is 0 Å². The zero-order valence-electron chi connectivity index (χ0n) is 8.04. The van der Waals surface area contributed by atoms with Gasteiger partial charge in [-0.3, -0.25) is 0 Å². The van der Waals surface area contributed by atoms with Crippen LogP contribution in [-0.4, -0.2) is 19.3 Å². The van der Waals surface area contributed by atoms with Crippen LogP contribution in [0.1, 0.15) is 26.7 Å². The van der Waals surface area contributed by atoms with Crippen molar-refractivity contribution in [3.05, 3.63) is 0 Å². The van der Waals surface area contributed by atoms with Crippen LogP contribution in [0.4, 0.5) is 13.2 Å². The highest BCUT2D eigenvalue weighted by molar-refractivity contribution is 4.92. The van der Waals surface area contributed by atoms with Gasteiger partial charge in [0.05, 0.1) is 5.41 Å². The molecule has 1 saturated heterocycles. The molecule has 13 heavy (non-hydrogen) atoms. The van der Waals surface area contributed by atoms with E-state index in [1.54, 1.807) is 13.8 Å². The van der Waals surface area contributed by atoms with Gasteiger partial charge in [0.2, 0.25) is 0 Å². The van der Waals surface area contributed by atoms with Crippen molar-refractivity contribution < 1.29 is 13.2 Å². The first kappa shape index (κ1) is 10.8. The Hall–Kier alpha value is -0.250. The van der Waals surface area contributed by atoms with Gasteiger partial charge in [-0.2, -0.15) is 13.2 Å². The Morgan fingerprint density at radius 3 is 1.85 bits per heavy atom. The van der Waals surface area contributed by atoms with Crippen molar-refractivity contribution in [3.8, 4) is 0 Å². The van der Waals surface area contributed by atoms with Crippen molar-refractivity contribution in [2.45, 2.75) is 32.9 Å². The van der Waals surface area contributed by atoms with Gasteiger partial charge in [-0.05, 0) is 31.8 Å². The molecule has 0 unspecified atom stereocenters. The number of piperidine rings is 1. The minimum atomic E-state index is -4.05. The summed E-state index contributed by atoms with van der Waals surface area (Å²) in [5, 5.41) is 2.97. The third kappa shape index (κ3) is 1.82. The molecule has 0 aromatic heterocycles. The van der Waals surface area contributed by atoms with Gasteiger partial charge >= 0.3 is 6.18 Å². The van der Waals surface area contributed by atoms with Gasteiger partial charge < -0.3 is 5.32 Å². The molecular formula is C9H16F3N. The summed E-state index contributed by atoms with van der Waals surface area (Å²) in [5.74, 6) is -0.324. The average molecular weight is 195 g/mol. The molecule has 1 aliphatic rings. The molecular weight excluding hydrogens is 179 g/mol. The van der Waals surface area contributed by atoms with Crippen LogP contribution in [0.5, 0.6) is 0 Å². The molecule has 78 valence electrons. The van der Waals surface area contributed by atoms with Crippen LogP contribution in [0.2, 0.25) is 0 Å². The van der Waals surface area contributed by atoms with E-state index < -0.39 is 11.6 Å². The second-order valence-corrected chi connectivity index (χ2v) is 4.06. The maximum Gasteiger partial charge on any atom is 0.394 e. The standard InChI is InChI=1S/C9H16F3N/c1-7(2)8(9(10,11)12)3-5-13-6-4-8/h7,13H,3-6H2,1-2H3. The zero-order valence-corrected chi connectivity index (χ0v) is 8.04. The van der Waals surface area contributed by atoms with Crippen LogP contribution in [0.25, 0.3) is 0 Å². The third-order valence-electron chi connectivity index (χ3n) is 3.17. The van der Waals surface area contributed by atoms with Gasteiger partial charge in [0.1, 0.15) is 0 Å². The molecule has 1 fully saturated rings. The smallest absolute Gasteiger partial charge is 0.317 e. The average Bonchev–Trinajstić information content (AvgIpc) is 2.03. The van der Waals surface area contributed by atoms with Gasteiger partial charge in [0.15, 0.2) is 0 Å². The minimum absolute atomic E-state index is 0.216. The Morgan fingerprint density at radius 1 is 1.15 bits per heavy atom. The van der Waals surface area contributed by atoms with E-state index in [1.807, 2.05) is 0 Å². The minimum Gasteiger partial charge on any atom is -0.317 e. The molecule has 1 N–H and O–H groups in total. The SMILES string of the molecule is CC(C)C1(C(F)(F)F)CCNCC1. The quantitative estimate of drug-likeness (QED) is 0.678. The van der Waals surface area contributed by atoms with Crippen LogP contribution in [0, 0.1) is 11.3 Å². The fourth-order valence-electron chi connectivity index (χ4n) is 2.06. The molecule has 1 heterocycles. The summed E-state index contributed by atoms with van der Waals surface area (Å²) in [6, 6.07) is 0. The monoisotopic (exact) mass is 195 g/mol. The topological polar surface area (TPSA) is 12.0 Å². The van der Waals surface area contributed by atoms with Crippen LogP contribution < -0.4 is 5.32 Å². The third-order valence-corrected chi connectivity index (χ3v) is 3.17. The number of hydrogen-bond acceptors (Lipinski definition) is 1. The number of hydrogen-bond donors (Lipinski definition) is 1. The van der Waals surface area contributed by atoms with Crippen LogP contribution in [0.15, 0.2) is 0 Å². The highest BCUT2D eigenvalue weighted by Gasteiger charge is 2.56. The van der Waals surface area contributed by atoms with Gasteiger partial charge in [0.25, 0.3) is 0 Å². The lowest BCUT2D eigenvalue weighted by molar-refractivity contribution is -0.248. The zero-order chi connectivity index (χ0) is 10.1. The van der Waals surface area contributed by atoms with Gasteiger partial charge in [-0.25, -0.2) is 0 Å². The highest BCUT2D eigenvalue weighted by Crippen LogP contribution is 2.50. The van der Waals surface area contributed by atoms with Crippen molar-refractivity contribution in [1.29, 1.82) is 0 Å². The number of rotatable bonds is 1. The first-order valence-corrected chi connectivity index (χ1v) is 4.67. The van der Waals surface area contributed by atoms with Gasteiger partial charge in [0, 0.05) is 0 Å². The highest BCUT2D eigenvalue weighted by atomic mass is 19.4. The molecule has 4 heteroatoms. The van der Waals surface area contributed by atoms with Crippen molar-refractivity contribution >= 4 is 0 Å². The maximum atomic E-state index is 12.8. The first-order valence-electron chi connectivity index (χ1n) is 4.67. The van der Waals surface area contributed by atoms with Crippen molar-refractivity contribution in [2.75, 3.05) is 13.1 Å². The predicted octanol–water partition coefficient (Wildman–Crippen LogP) is 2.57. The van der Waals surface area contributed by atoms with E-state index in [0.29, 0.717) is 13.1 Å². The molecule has 0 aliphatic carbocycles. The number of alkyl halides is 3. The summed E-state index contributed by atoms with van der Waals surface area (Å²) in [4.78, 5) is 0. The lowest BCUT2D eigenvalue weighted by atomic mass is 9.70. The Balaban J connectivity index is 2.86. The molecule has 0 atom stereocenters. The molecule has 0 bridgehead atoms. The second-order valence-electron chi connectivity index (χ2n) is 4.06. The molecule has 0 aromatic carbocycles. The van der Waals surface area contributed by atoms with E-state index in [-0.39, 0.29) is 18.8 Å². The lowest BCUT2D eigenvalue weighted by Gasteiger charge is -2.42. The summed E-state index contributed by atoms with van der Waals surface area (Å²) in [6.45, 7) is 4.30. The summed E-state index contributed by atoms with van der Waals surface area (Å²) >= 11 is 0. The maximum absolute atomic E-state index is 12.8. The Morgan fingerprint density at radius 2 is 1.62 bits per heavy atom. The van der Waals surface area contributed by atoms with E-state index in [4.69, 9.17) is 0 Å². The molecule has 1 rings (SSSR count).